The van der Waals surface area contributed by atoms with E-state index in [1.807, 2.05) is 6.92 Å². The van der Waals surface area contributed by atoms with Gasteiger partial charge in [0.05, 0.1) is 0 Å². The fourth-order valence-electron chi connectivity index (χ4n) is 2.23. The summed E-state index contributed by atoms with van der Waals surface area (Å²) in [6.07, 6.45) is 0.900. The first-order valence-corrected chi connectivity index (χ1v) is 7.86. The Labute approximate surface area is 114 Å². The third kappa shape index (κ3) is 3.40. The summed E-state index contributed by atoms with van der Waals surface area (Å²) in [5.74, 6) is 2.19. The predicted octanol–water partition coefficient (Wildman–Crippen LogP) is 1.50. The van der Waals surface area contributed by atoms with Crippen LogP contribution in [0.25, 0.3) is 0 Å². The molecule has 5 heteroatoms. The summed E-state index contributed by atoms with van der Waals surface area (Å²) < 4.78 is 0. The molecule has 4 nitrogen and oxygen atoms in total. The van der Waals surface area contributed by atoms with E-state index in [4.69, 9.17) is 0 Å². The van der Waals surface area contributed by atoms with Crippen LogP contribution in [-0.4, -0.2) is 46.8 Å². The van der Waals surface area contributed by atoms with Gasteiger partial charge in [-0.15, -0.1) is 0 Å². The number of hydrogen-bond acceptors (Lipinski definition) is 3. The van der Waals surface area contributed by atoms with E-state index in [1.165, 1.54) is 0 Å². The molecule has 3 unspecified atom stereocenters. The lowest BCUT2D eigenvalue weighted by Gasteiger charge is -2.40. The molecule has 0 aromatic rings. The van der Waals surface area contributed by atoms with Crippen molar-refractivity contribution >= 4 is 23.6 Å². The van der Waals surface area contributed by atoms with Crippen molar-refractivity contribution in [3.05, 3.63) is 0 Å². The molecule has 1 saturated heterocycles. The van der Waals surface area contributed by atoms with Crippen molar-refractivity contribution in [1.82, 2.24) is 10.2 Å². The van der Waals surface area contributed by atoms with Crippen LogP contribution in [0, 0.1) is 5.92 Å². The molecule has 0 aliphatic carbocycles. The van der Waals surface area contributed by atoms with Gasteiger partial charge in [0.2, 0.25) is 11.8 Å². The van der Waals surface area contributed by atoms with Crippen molar-refractivity contribution < 1.29 is 9.59 Å². The van der Waals surface area contributed by atoms with Gasteiger partial charge in [-0.2, -0.15) is 11.8 Å². The highest BCUT2D eigenvalue weighted by Crippen LogP contribution is 2.20. The van der Waals surface area contributed by atoms with Gasteiger partial charge in [0.15, 0.2) is 0 Å². The monoisotopic (exact) mass is 272 g/mol. The minimum absolute atomic E-state index is 0.00190. The minimum atomic E-state index is -0.385. The molecule has 1 aliphatic rings. The summed E-state index contributed by atoms with van der Waals surface area (Å²) in [7, 11) is 0. The number of thioether (sulfide) groups is 1. The number of nitrogens with zero attached hydrogens (tertiary/aromatic N) is 1. The standard InChI is InChI=1S/C13H24N2O2S/c1-5-9(3)11-12(16)14-10(4)13(17)15(11)7-8-18-6-2/h9-11H,5-8H2,1-4H3,(H,14,16). The molecule has 1 rings (SSSR count). The van der Waals surface area contributed by atoms with E-state index in [9.17, 15) is 9.59 Å². The maximum atomic E-state index is 12.2. The summed E-state index contributed by atoms with van der Waals surface area (Å²) in [4.78, 5) is 26.1. The van der Waals surface area contributed by atoms with Crippen LogP contribution < -0.4 is 5.32 Å². The zero-order valence-electron chi connectivity index (χ0n) is 11.7. The van der Waals surface area contributed by atoms with Gasteiger partial charge in [-0.25, -0.2) is 0 Å². The van der Waals surface area contributed by atoms with Crippen molar-refractivity contribution in [2.45, 2.75) is 46.2 Å². The van der Waals surface area contributed by atoms with E-state index < -0.39 is 0 Å². The molecule has 0 aromatic carbocycles. The van der Waals surface area contributed by atoms with E-state index in [2.05, 4.69) is 19.2 Å². The molecular formula is C13H24N2O2S. The van der Waals surface area contributed by atoms with Crippen LogP contribution in [0.3, 0.4) is 0 Å². The lowest BCUT2D eigenvalue weighted by Crippen LogP contribution is -2.64. The molecule has 3 atom stereocenters. The third-order valence-electron chi connectivity index (χ3n) is 3.48. The molecule has 0 spiro atoms. The number of piperazine rings is 1. The van der Waals surface area contributed by atoms with Crippen LogP contribution in [0.15, 0.2) is 0 Å². The number of amides is 2. The molecule has 104 valence electrons. The molecular weight excluding hydrogens is 248 g/mol. The molecule has 0 bridgehead atoms. The normalized spacial score (nSPS) is 26.1. The van der Waals surface area contributed by atoms with Crippen molar-refractivity contribution in [2.24, 2.45) is 5.92 Å². The quantitative estimate of drug-likeness (QED) is 0.746. The molecule has 1 fully saturated rings. The molecule has 1 aliphatic heterocycles. The second-order valence-corrected chi connectivity index (χ2v) is 6.18. The molecule has 0 radical (unpaired) electrons. The van der Waals surface area contributed by atoms with Gasteiger partial charge in [-0.1, -0.05) is 27.2 Å². The highest BCUT2D eigenvalue weighted by Gasteiger charge is 2.40. The minimum Gasteiger partial charge on any atom is -0.343 e. The lowest BCUT2D eigenvalue weighted by atomic mass is 9.94. The number of nitrogens with one attached hydrogen (secondary N) is 1. The smallest absolute Gasteiger partial charge is 0.245 e. The maximum Gasteiger partial charge on any atom is 0.245 e. The Morgan fingerprint density at radius 3 is 2.61 bits per heavy atom. The van der Waals surface area contributed by atoms with Crippen molar-refractivity contribution in [1.29, 1.82) is 0 Å². The first kappa shape index (κ1) is 15.3. The number of hydrogen-bond donors (Lipinski definition) is 1. The van der Waals surface area contributed by atoms with Crippen LogP contribution in [0.1, 0.15) is 34.1 Å². The van der Waals surface area contributed by atoms with E-state index in [0.717, 1.165) is 17.9 Å². The van der Waals surface area contributed by atoms with Crippen LogP contribution in [0.2, 0.25) is 0 Å². The van der Waals surface area contributed by atoms with Crippen molar-refractivity contribution in [3.63, 3.8) is 0 Å². The third-order valence-corrected chi connectivity index (χ3v) is 4.36. The van der Waals surface area contributed by atoms with Gasteiger partial charge in [0.25, 0.3) is 0 Å². The number of carbonyl (C=O) groups excluding carboxylic acids is 2. The molecule has 0 saturated carbocycles. The van der Waals surface area contributed by atoms with Crippen LogP contribution >= 0.6 is 11.8 Å². The summed E-state index contributed by atoms with van der Waals surface area (Å²) in [5, 5.41) is 2.78. The van der Waals surface area contributed by atoms with E-state index in [-0.39, 0.29) is 29.8 Å². The highest BCUT2D eigenvalue weighted by atomic mass is 32.2. The molecule has 2 amide bonds. The Kier molecular flexibility index (Phi) is 5.99. The lowest BCUT2D eigenvalue weighted by molar-refractivity contribution is -0.150. The fourth-order valence-corrected chi connectivity index (χ4v) is 2.85. The molecule has 0 aromatic heterocycles. The second-order valence-electron chi connectivity index (χ2n) is 4.79. The average Bonchev–Trinajstić information content (AvgIpc) is 2.34. The zero-order chi connectivity index (χ0) is 13.7. The summed E-state index contributed by atoms with van der Waals surface area (Å²) in [6, 6.07) is -0.680. The Morgan fingerprint density at radius 2 is 2.06 bits per heavy atom. The Morgan fingerprint density at radius 1 is 1.39 bits per heavy atom. The zero-order valence-corrected chi connectivity index (χ0v) is 12.5. The van der Waals surface area contributed by atoms with Crippen LogP contribution in [0.4, 0.5) is 0 Å². The first-order chi connectivity index (χ1) is 8.52. The Hall–Kier alpha value is -0.710. The summed E-state index contributed by atoms with van der Waals surface area (Å²) >= 11 is 1.80. The van der Waals surface area contributed by atoms with Crippen LogP contribution in [-0.2, 0) is 9.59 Å². The van der Waals surface area contributed by atoms with E-state index in [0.29, 0.717) is 6.54 Å². The van der Waals surface area contributed by atoms with Gasteiger partial charge < -0.3 is 10.2 Å². The van der Waals surface area contributed by atoms with Crippen molar-refractivity contribution in [3.8, 4) is 0 Å². The average molecular weight is 272 g/mol. The van der Waals surface area contributed by atoms with Gasteiger partial charge >= 0.3 is 0 Å². The van der Waals surface area contributed by atoms with Gasteiger partial charge in [-0.05, 0) is 18.6 Å². The number of rotatable bonds is 6. The largest absolute Gasteiger partial charge is 0.343 e. The number of carbonyl (C=O) groups is 2. The van der Waals surface area contributed by atoms with Crippen LogP contribution in [0.5, 0.6) is 0 Å². The molecule has 1 heterocycles. The predicted molar refractivity (Wildman–Crippen MR) is 75.6 cm³/mol. The SMILES string of the molecule is CCSCCN1C(=O)C(C)NC(=O)C1C(C)CC. The first-order valence-electron chi connectivity index (χ1n) is 6.71. The maximum absolute atomic E-state index is 12.2. The van der Waals surface area contributed by atoms with E-state index >= 15 is 0 Å². The second kappa shape index (κ2) is 7.02. The van der Waals surface area contributed by atoms with Gasteiger partial charge in [-0.3, -0.25) is 9.59 Å². The Balaban J connectivity index is 2.80. The fraction of sp³-hybridized carbons (Fsp3) is 0.846. The molecule has 18 heavy (non-hydrogen) atoms. The molecule has 1 N–H and O–H groups in total. The van der Waals surface area contributed by atoms with Crippen molar-refractivity contribution in [2.75, 3.05) is 18.1 Å². The summed E-state index contributed by atoms with van der Waals surface area (Å²) in [6.45, 7) is 8.62. The van der Waals surface area contributed by atoms with Gasteiger partial charge in [0, 0.05) is 12.3 Å². The Bertz CT molecular complexity index is 309. The summed E-state index contributed by atoms with van der Waals surface area (Å²) in [5.41, 5.74) is 0. The highest BCUT2D eigenvalue weighted by molar-refractivity contribution is 7.99. The topological polar surface area (TPSA) is 49.4 Å². The van der Waals surface area contributed by atoms with E-state index in [1.54, 1.807) is 23.6 Å². The van der Waals surface area contributed by atoms with Gasteiger partial charge in [0.1, 0.15) is 12.1 Å².